The second-order valence-corrected chi connectivity index (χ2v) is 5.10. The van der Waals surface area contributed by atoms with Crippen LogP contribution in [0.25, 0.3) is 21.3 Å². The molecule has 0 aliphatic heterocycles. The summed E-state index contributed by atoms with van der Waals surface area (Å²) in [6.45, 7) is 2.98. The number of rotatable bonds is 2. The smallest absolute Gasteiger partial charge is 0.101 e. The lowest BCUT2D eigenvalue weighted by molar-refractivity contribution is 0.797. The van der Waals surface area contributed by atoms with Gasteiger partial charge in [-0.25, -0.2) is 0 Å². The fraction of sp³-hybridized carbons (Fsp3) is 0.133. The summed E-state index contributed by atoms with van der Waals surface area (Å²) < 4.78 is 2.12. The Balaban J connectivity index is 2.26. The highest BCUT2D eigenvalue weighted by Gasteiger charge is 2.09. The van der Waals surface area contributed by atoms with Gasteiger partial charge in [0.2, 0.25) is 0 Å². The van der Waals surface area contributed by atoms with E-state index in [1.54, 1.807) is 11.3 Å². The highest BCUT2D eigenvalue weighted by atomic mass is 32.1. The van der Waals surface area contributed by atoms with Gasteiger partial charge in [-0.15, -0.1) is 11.3 Å². The van der Waals surface area contributed by atoms with E-state index in [4.69, 9.17) is 0 Å². The first kappa shape index (κ1) is 11.1. The van der Waals surface area contributed by atoms with Crippen LogP contribution in [0.3, 0.4) is 0 Å². The Morgan fingerprint density at radius 3 is 2.89 bits per heavy atom. The first-order valence-corrected chi connectivity index (χ1v) is 6.78. The molecule has 0 aliphatic rings. The SMILES string of the molecule is CCn1cc(C#N)c2cc(-c3cccs3)ccc21. The van der Waals surface area contributed by atoms with Gasteiger partial charge in [0.15, 0.2) is 0 Å². The van der Waals surface area contributed by atoms with Gasteiger partial charge in [0.05, 0.1) is 5.56 Å². The molecule has 2 aromatic heterocycles. The molecule has 18 heavy (non-hydrogen) atoms. The van der Waals surface area contributed by atoms with Crippen molar-refractivity contribution in [1.82, 2.24) is 4.57 Å². The first-order chi connectivity index (χ1) is 8.83. The molecule has 0 bridgehead atoms. The molecule has 0 aliphatic carbocycles. The maximum Gasteiger partial charge on any atom is 0.101 e. The summed E-state index contributed by atoms with van der Waals surface area (Å²) in [4.78, 5) is 1.24. The number of aromatic nitrogens is 1. The fourth-order valence-electron chi connectivity index (χ4n) is 2.24. The highest BCUT2D eigenvalue weighted by molar-refractivity contribution is 7.13. The lowest BCUT2D eigenvalue weighted by Gasteiger charge is -2.02. The third-order valence-electron chi connectivity index (χ3n) is 3.15. The molecule has 0 atom stereocenters. The van der Waals surface area contributed by atoms with Crippen molar-refractivity contribution >= 4 is 22.2 Å². The minimum absolute atomic E-state index is 0.755. The van der Waals surface area contributed by atoms with Crippen LogP contribution in [0, 0.1) is 11.3 Å². The zero-order valence-electron chi connectivity index (χ0n) is 10.1. The summed E-state index contributed by atoms with van der Waals surface area (Å²) in [5, 5.41) is 12.3. The molecule has 0 N–H and O–H groups in total. The van der Waals surface area contributed by atoms with E-state index >= 15 is 0 Å². The summed E-state index contributed by atoms with van der Waals surface area (Å²) in [6.07, 6.45) is 1.93. The summed E-state index contributed by atoms with van der Waals surface area (Å²) in [5.74, 6) is 0. The van der Waals surface area contributed by atoms with E-state index in [1.807, 2.05) is 12.3 Å². The van der Waals surface area contributed by atoms with Gasteiger partial charge in [-0.1, -0.05) is 12.1 Å². The molecule has 2 nitrogen and oxygen atoms in total. The highest BCUT2D eigenvalue weighted by Crippen LogP contribution is 2.30. The Bertz CT molecular complexity index is 730. The summed E-state index contributed by atoms with van der Waals surface area (Å²) in [7, 11) is 0. The molecule has 0 spiro atoms. The van der Waals surface area contributed by atoms with Gasteiger partial charge in [-0.05, 0) is 36.1 Å². The van der Waals surface area contributed by atoms with Crippen LogP contribution >= 0.6 is 11.3 Å². The van der Waals surface area contributed by atoms with Gasteiger partial charge < -0.3 is 4.57 Å². The molecule has 0 radical (unpaired) electrons. The minimum Gasteiger partial charge on any atom is -0.346 e. The normalized spacial score (nSPS) is 10.7. The average Bonchev–Trinajstić information content (AvgIpc) is 3.05. The number of aryl methyl sites for hydroxylation is 1. The van der Waals surface area contributed by atoms with Gasteiger partial charge in [0.1, 0.15) is 6.07 Å². The van der Waals surface area contributed by atoms with Crippen LogP contribution in [0.15, 0.2) is 41.9 Å². The lowest BCUT2D eigenvalue weighted by atomic mass is 10.1. The van der Waals surface area contributed by atoms with Gasteiger partial charge in [-0.3, -0.25) is 0 Å². The number of thiophene rings is 1. The minimum atomic E-state index is 0.755. The van der Waals surface area contributed by atoms with Gasteiger partial charge in [0.25, 0.3) is 0 Å². The average molecular weight is 252 g/mol. The molecule has 3 rings (SSSR count). The van der Waals surface area contributed by atoms with E-state index in [0.717, 1.165) is 23.0 Å². The number of nitriles is 1. The number of hydrogen-bond donors (Lipinski definition) is 0. The molecule has 0 fully saturated rings. The molecule has 0 unspecified atom stereocenters. The molecule has 3 heteroatoms. The Kier molecular flexibility index (Phi) is 2.66. The monoisotopic (exact) mass is 252 g/mol. The zero-order valence-corrected chi connectivity index (χ0v) is 10.9. The van der Waals surface area contributed by atoms with E-state index < -0.39 is 0 Å². The lowest BCUT2D eigenvalue weighted by Crippen LogP contribution is -1.89. The maximum atomic E-state index is 9.21. The van der Waals surface area contributed by atoms with Crippen molar-refractivity contribution in [3.8, 4) is 16.5 Å². The number of benzene rings is 1. The number of nitrogens with zero attached hydrogens (tertiary/aromatic N) is 2. The zero-order chi connectivity index (χ0) is 12.5. The Morgan fingerprint density at radius 1 is 1.33 bits per heavy atom. The van der Waals surface area contributed by atoms with E-state index in [9.17, 15) is 5.26 Å². The fourth-order valence-corrected chi connectivity index (χ4v) is 2.97. The van der Waals surface area contributed by atoms with Crippen LogP contribution in [0.2, 0.25) is 0 Å². The van der Waals surface area contributed by atoms with Crippen molar-refractivity contribution in [3.05, 3.63) is 47.5 Å². The standard InChI is InChI=1S/C15H12N2S/c1-2-17-10-12(9-16)13-8-11(5-6-14(13)17)15-4-3-7-18-15/h3-8,10H,2H2,1H3. The van der Waals surface area contributed by atoms with Crippen molar-refractivity contribution in [2.75, 3.05) is 0 Å². The number of fused-ring (bicyclic) bond motifs is 1. The van der Waals surface area contributed by atoms with Crippen molar-refractivity contribution in [1.29, 1.82) is 5.26 Å². The molecule has 0 saturated carbocycles. The van der Waals surface area contributed by atoms with E-state index in [0.29, 0.717) is 0 Å². The predicted octanol–water partition coefficient (Wildman–Crippen LogP) is 4.26. The molecular weight excluding hydrogens is 240 g/mol. The van der Waals surface area contributed by atoms with Crippen LogP contribution in [0.4, 0.5) is 0 Å². The predicted molar refractivity (Wildman–Crippen MR) is 75.6 cm³/mol. The van der Waals surface area contributed by atoms with Crippen molar-refractivity contribution < 1.29 is 0 Å². The third-order valence-corrected chi connectivity index (χ3v) is 4.07. The maximum absolute atomic E-state index is 9.21. The second-order valence-electron chi connectivity index (χ2n) is 4.15. The van der Waals surface area contributed by atoms with Crippen LogP contribution in [-0.4, -0.2) is 4.57 Å². The van der Waals surface area contributed by atoms with Crippen molar-refractivity contribution in [3.63, 3.8) is 0 Å². The Morgan fingerprint density at radius 2 is 2.22 bits per heavy atom. The number of hydrogen-bond acceptors (Lipinski definition) is 2. The van der Waals surface area contributed by atoms with E-state index in [1.165, 1.54) is 10.4 Å². The van der Waals surface area contributed by atoms with Crippen LogP contribution < -0.4 is 0 Å². The molecule has 0 saturated heterocycles. The second kappa shape index (κ2) is 4.32. The summed E-state index contributed by atoms with van der Waals surface area (Å²) >= 11 is 1.72. The molecule has 1 aromatic carbocycles. The summed E-state index contributed by atoms with van der Waals surface area (Å²) in [6, 6.07) is 12.8. The topological polar surface area (TPSA) is 28.7 Å². The largest absolute Gasteiger partial charge is 0.346 e. The van der Waals surface area contributed by atoms with Crippen molar-refractivity contribution in [2.24, 2.45) is 0 Å². The van der Waals surface area contributed by atoms with E-state index in [2.05, 4.69) is 47.2 Å². The van der Waals surface area contributed by atoms with Gasteiger partial charge >= 0.3 is 0 Å². The first-order valence-electron chi connectivity index (χ1n) is 5.90. The summed E-state index contributed by atoms with van der Waals surface area (Å²) in [5.41, 5.74) is 3.07. The molecule has 88 valence electrons. The van der Waals surface area contributed by atoms with Crippen LogP contribution in [0.1, 0.15) is 12.5 Å². The van der Waals surface area contributed by atoms with E-state index in [-0.39, 0.29) is 0 Å². The molecular formula is C15H12N2S. The molecule has 0 amide bonds. The Labute approximate surface area is 110 Å². The Hall–Kier alpha value is -2.05. The van der Waals surface area contributed by atoms with Gasteiger partial charge in [-0.2, -0.15) is 5.26 Å². The van der Waals surface area contributed by atoms with Crippen molar-refractivity contribution in [2.45, 2.75) is 13.5 Å². The molecule has 2 heterocycles. The third kappa shape index (κ3) is 1.62. The quantitative estimate of drug-likeness (QED) is 0.670. The van der Waals surface area contributed by atoms with Gasteiger partial charge in [0, 0.05) is 28.5 Å². The molecule has 3 aromatic rings. The van der Waals surface area contributed by atoms with Crippen LogP contribution in [0.5, 0.6) is 0 Å². The van der Waals surface area contributed by atoms with Crippen LogP contribution in [-0.2, 0) is 6.54 Å².